The molecule has 2 aliphatic heterocycles. The summed E-state index contributed by atoms with van der Waals surface area (Å²) in [7, 11) is 1.66. The molecule has 0 saturated heterocycles. The predicted molar refractivity (Wildman–Crippen MR) is 126 cm³/mol. The summed E-state index contributed by atoms with van der Waals surface area (Å²) in [4.78, 5) is 13.7. The van der Waals surface area contributed by atoms with E-state index in [2.05, 4.69) is 16.7 Å². The molecule has 0 radical (unpaired) electrons. The van der Waals surface area contributed by atoms with Gasteiger partial charge in [0.05, 0.1) is 24.5 Å². The number of fused-ring (bicyclic) bond motifs is 2. The summed E-state index contributed by atoms with van der Waals surface area (Å²) >= 11 is 0. The zero-order chi connectivity index (χ0) is 22.4. The largest absolute Gasteiger partial charge is 0.497 e. The van der Waals surface area contributed by atoms with Gasteiger partial charge in [-0.15, -0.1) is 0 Å². The van der Waals surface area contributed by atoms with Crippen LogP contribution in [-0.4, -0.2) is 19.7 Å². The lowest BCUT2D eigenvalue weighted by Crippen LogP contribution is -2.26. The molecule has 0 saturated carbocycles. The molecular weight excluding hydrogens is 416 g/mol. The van der Waals surface area contributed by atoms with Crippen LogP contribution in [-0.2, 0) is 4.79 Å². The van der Waals surface area contributed by atoms with Crippen molar-refractivity contribution < 1.29 is 19.0 Å². The number of rotatable bonds is 3. The average Bonchev–Trinajstić information content (AvgIpc) is 3.24. The first kappa shape index (κ1) is 19.7. The number of methoxy groups -OCH3 is 1. The van der Waals surface area contributed by atoms with Crippen molar-refractivity contribution in [3.05, 3.63) is 89.1 Å². The fourth-order valence-electron chi connectivity index (χ4n) is 4.97. The number of hydrogen-bond donors (Lipinski definition) is 2. The van der Waals surface area contributed by atoms with Gasteiger partial charge in [0.1, 0.15) is 5.75 Å². The van der Waals surface area contributed by atoms with E-state index in [0.29, 0.717) is 12.2 Å². The van der Waals surface area contributed by atoms with E-state index in [0.717, 1.165) is 51.7 Å². The third-order valence-electron chi connectivity index (χ3n) is 6.60. The zero-order valence-corrected chi connectivity index (χ0v) is 18.3. The van der Waals surface area contributed by atoms with Crippen LogP contribution >= 0.6 is 0 Å². The molecule has 0 fully saturated rings. The summed E-state index contributed by atoms with van der Waals surface area (Å²) in [5.74, 6) is 2.47. The lowest BCUT2D eigenvalue weighted by Gasteiger charge is -2.30. The second-order valence-electron chi connectivity index (χ2n) is 8.56. The Morgan fingerprint density at radius 2 is 1.73 bits per heavy atom. The summed E-state index contributed by atoms with van der Waals surface area (Å²) < 4.78 is 16.5. The van der Waals surface area contributed by atoms with E-state index in [1.54, 1.807) is 7.11 Å². The van der Waals surface area contributed by atoms with Crippen LogP contribution in [0.5, 0.6) is 17.2 Å². The van der Waals surface area contributed by atoms with Gasteiger partial charge >= 0.3 is 0 Å². The molecule has 3 aromatic rings. The third kappa shape index (κ3) is 3.48. The van der Waals surface area contributed by atoms with Crippen molar-refractivity contribution in [2.45, 2.75) is 24.8 Å². The predicted octanol–water partition coefficient (Wildman–Crippen LogP) is 5.40. The SMILES string of the molecule is COc1cccc([C@@H]2CC(=O)C3=C(C2)Nc2ccccc2N[C@H]3c2ccc3c(c2)OCO3)c1. The van der Waals surface area contributed by atoms with Crippen molar-refractivity contribution in [1.29, 1.82) is 0 Å². The topological polar surface area (TPSA) is 68.8 Å². The summed E-state index contributed by atoms with van der Waals surface area (Å²) in [5, 5.41) is 7.19. The molecule has 0 bridgehead atoms. The Bertz CT molecular complexity index is 1280. The van der Waals surface area contributed by atoms with Gasteiger partial charge in [0.2, 0.25) is 6.79 Å². The number of nitrogens with one attached hydrogen (secondary N) is 2. The maximum atomic E-state index is 13.7. The van der Waals surface area contributed by atoms with Gasteiger partial charge in [0.25, 0.3) is 0 Å². The smallest absolute Gasteiger partial charge is 0.231 e. The van der Waals surface area contributed by atoms with Crippen molar-refractivity contribution in [1.82, 2.24) is 0 Å². The van der Waals surface area contributed by atoms with E-state index < -0.39 is 0 Å². The van der Waals surface area contributed by atoms with Crippen molar-refractivity contribution in [3.63, 3.8) is 0 Å². The molecule has 33 heavy (non-hydrogen) atoms. The van der Waals surface area contributed by atoms with E-state index in [4.69, 9.17) is 14.2 Å². The van der Waals surface area contributed by atoms with Crippen LogP contribution in [0.4, 0.5) is 11.4 Å². The molecule has 166 valence electrons. The number of carbonyl (C=O) groups excluding carboxylic acids is 1. The lowest BCUT2D eigenvalue weighted by molar-refractivity contribution is -0.116. The van der Waals surface area contributed by atoms with E-state index in [9.17, 15) is 4.79 Å². The molecular formula is C27H24N2O4. The molecule has 0 spiro atoms. The van der Waals surface area contributed by atoms with Gasteiger partial charge in [-0.25, -0.2) is 0 Å². The van der Waals surface area contributed by atoms with Crippen LogP contribution in [0.25, 0.3) is 0 Å². The second-order valence-corrected chi connectivity index (χ2v) is 8.56. The summed E-state index contributed by atoms with van der Waals surface area (Å²) in [5.41, 5.74) is 5.75. The molecule has 3 aromatic carbocycles. The van der Waals surface area contributed by atoms with E-state index in [1.165, 1.54) is 0 Å². The quantitative estimate of drug-likeness (QED) is 0.568. The molecule has 6 nitrogen and oxygen atoms in total. The van der Waals surface area contributed by atoms with Crippen molar-refractivity contribution in [2.24, 2.45) is 0 Å². The Kier molecular flexibility index (Phi) is 4.72. The molecule has 2 heterocycles. The first-order chi connectivity index (χ1) is 16.2. The number of hydrogen-bond acceptors (Lipinski definition) is 6. The molecule has 2 atom stereocenters. The Balaban J connectivity index is 1.44. The molecule has 0 unspecified atom stereocenters. The third-order valence-corrected chi connectivity index (χ3v) is 6.60. The van der Waals surface area contributed by atoms with Crippen LogP contribution in [0.2, 0.25) is 0 Å². The van der Waals surface area contributed by atoms with Crippen LogP contribution in [0.3, 0.4) is 0 Å². The maximum absolute atomic E-state index is 13.7. The monoisotopic (exact) mass is 440 g/mol. The normalized spacial score (nSPS) is 20.8. The highest BCUT2D eigenvalue weighted by Gasteiger charge is 2.36. The van der Waals surface area contributed by atoms with Crippen molar-refractivity contribution >= 4 is 17.2 Å². The Morgan fingerprint density at radius 1 is 0.879 bits per heavy atom. The van der Waals surface area contributed by atoms with E-state index in [-0.39, 0.29) is 24.5 Å². The molecule has 0 amide bonds. The van der Waals surface area contributed by atoms with E-state index >= 15 is 0 Å². The molecule has 1 aliphatic carbocycles. The second kappa shape index (κ2) is 7.89. The molecule has 0 aromatic heterocycles. The maximum Gasteiger partial charge on any atom is 0.231 e. The fraction of sp³-hybridized carbons (Fsp3) is 0.222. The Hall–Kier alpha value is -3.93. The minimum atomic E-state index is -0.288. The van der Waals surface area contributed by atoms with E-state index in [1.807, 2.05) is 60.7 Å². The Labute approximate surface area is 192 Å². The number of anilines is 2. The van der Waals surface area contributed by atoms with Gasteiger partial charge in [-0.2, -0.15) is 0 Å². The highest BCUT2D eigenvalue weighted by Crippen LogP contribution is 2.46. The number of para-hydroxylation sites is 2. The first-order valence-corrected chi connectivity index (χ1v) is 11.1. The lowest BCUT2D eigenvalue weighted by atomic mass is 9.78. The van der Waals surface area contributed by atoms with Gasteiger partial charge in [-0.1, -0.05) is 30.3 Å². The standard InChI is InChI=1S/C27H24N2O4/c1-31-19-6-4-5-16(11-19)18-12-22-26(23(30)13-18)27(29-21-8-3-2-7-20(21)28-22)17-9-10-24-25(14-17)33-15-32-24/h2-11,14,18,27-29H,12-13,15H2,1H3/t18-,27-/m0/s1. The van der Waals surface area contributed by atoms with Crippen molar-refractivity contribution in [2.75, 3.05) is 24.5 Å². The average molecular weight is 440 g/mol. The number of benzene rings is 3. The van der Waals surface area contributed by atoms with Crippen LogP contribution in [0.15, 0.2) is 78.0 Å². The fourth-order valence-corrected chi connectivity index (χ4v) is 4.97. The number of ether oxygens (including phenoxy) is 3. The molecule has 3 aliphatic rings. The van der Waals surface area contributed by atoms with Gasteiger partial charge in [-0.05, 0) is 59.9 Å². The number of Topliss-reactive ketones (excluding diaryl/α,β-unsaturated/α-hetero) is 1. The number of allylic oxidation sites excluding steroid dienone is 1. The zero-order valence-electron chi connectivity index (χ0n) is 18.3. The van der Waals surface area contributed by atoms with Gasteiger partial charge in [-0.3, -0.25) is 4.79 Å². The molecule has 2 N–H and O–H groups in total. The summed E-state index contributed by atoms with van der Waals surface area (Å²) in [6.45, 7) is 0.219. The van der Waals surface area contributed by atoms with Gasteiger partial charge < -0.3 is 24.8 Å². The van der Waals surface area contributed by atoms with Crippen molar-refractivity contribution in [3.8, 4) is 17.2 Å². The number of carbonyl (C=O) groups is 1. The minimum absolute atomic E-state index is 0.0847. The van der Waals surface area contributed by atoms with Crippen LogP contribution < -0.4 is 24.8 Å². The summed E-state index contributed by atoms with van der Waals surface area (Å²) in [6, 6.07) is 21.7. The summed E-state index contributed by atoms with van der Waals surface area (Å²) in [6.07, 6.45) is 1.19. The van der Waals surface area contributed by atoms with Gasteiger partial charge in [0.15, 0.2) is 17.3 Å². The molecule has 6 heteroatoms. The highest BCUT2D eigenvalue weighted by atomic mass is 16.7. The first-order valence-electron chi connectivity index (χ1n) is 11.1. The number of ketones is 1. The van der Waals surface area contributed by atoms with Crippen LogP contribution in [0.1, 0.15) is 35.9 Å². The molecule has 6 rings (SSSR count). The Morgan fingerprint density at radius 3 is 2.61 bits per heavy atom. The highest BCUT2D eigenvalue weighted by molar-refractivity contribution is 6.01. The minimum Gasteiger partial charge on any atom is -0.497 e. The van der Waals surface area contributed by atoms with Gasteiger partial charge in [0, 0.05) is 17.7 Å². The van der Waals surface area contributed by atoms with Crippen LogP contribution in [0, 0.1) is 0 Å².